The summed E-state index contributed by atoms with van der Waals surface area (Å²) >= 11 is 5.93. The number of carbonyl (C=O) groups is 1. The van der Waals surface area contributed by atoms with E-state index in [-0.39, 0.29) is 11.6 Å². The van der Waals surface area contributed by atoms with Crippen molar-refractivity contribution in [1.29, 1.82) is 0 Å². The van der Waals surface area contributed by atoms with E-state index in [4.69, 9.17) is 16.3 Å². The molecular weight excluding hydrogens is 426 g/mol. The van der Waals surface area contributed by atoms with Crippen LogP contribution in [-0.2, 0) is 12.8 Å². The van der Waals surface area contributed by atoms with E-state index >= 15 is 0 Å². The third-order valence-corrected chi connectivity index (χ3v) is 6.30. The molecule has 2 atom stereocenters. The number of rotatable bonds is 7. The van der Waals surface area contributed by atoms with Crippen LogP contribution >= 0.6 is 11.6 Å². The van der Waals surface area contributed by atoms with Gasteiger partial charge in [-0.2, -0.15) is 0 Å². The fourth-order valence-corrected chi connectivity index (χ4v) is 4.37. The molecule has 0 amide bonds. The molecule has 3 aromatic rings. The van der Waals surface area contributed by atoms with Crippen molar-refractivity contribution in [2.75, 3.05) is 13.7 Å². The Morgan fingerprint density at radius 3 is 2.62 bits per heavy atom. The van der Waals surface area contributed by atoms with Gasteiger partial charge >= 0.3 is 5.97 Å². The summed E-state index contributed by atoms with van der Waals surface area (Å²) in [6.07, 6.45) is 2.26. The monoisotopic (exact) mass is 451 g/mol. The van der Waals surface area contributed by atoms with Crippen molar-refractivity contribution in [2.45, 2.75) is 31.4 Å². The molecule has 3 aromatic carbocycles. The summed E-state index contributed by atoms with van der Waals surface area (Å²) in [4.78, 5) is 11.3. The number of carboxylic acid groups (broad SMARTS) is 1. The first-order valence-corrected chi connectivity index (χ1v) is 11.0. The Labute approximate surface area is 192 Å². The molecule has 5 nitrogen and oxygen atoms in total. The summed E-state index contributed by atoms with van der Waals surface area (Å²) < 4.78 is 5.46. The number of aryl methyl sites for hydroxylation is 1. The van der Waals surface area contributed by atoms with E-state index < -0.39 is 12.1 Å². The minimum atomic E-state index is -0.977. The number of ether oxygens (including phenoxy) is 1. The van der Waals surface area contributed by atoms with Gasteiger partial charge in [-0.25, -0.2) is 4.79 Å². The van der Waals surface area contributed by atoms with Gasteiger partial charge in [0.1, 0.15) is 5.75 Å². The topological polar surface area (TPSA) is 78.8 Å². The summed E-state index contributed by atoms with van der Waals surface area (Å²) in [7, 11) is 1.55. The number of hydrogen-bond acceptors (Lipinski definition) is 4. The molecule has 0 saturated heterocycles. The molecular formula is C26H26ClNO4. The highest BCUT2D eigenvalue weighted by atomic mass is 35.5. The molecule has 0 bridgehead atoms. The molecule has 0 radical (unpaired) electrons. The van der Waals surface area contributed by atoms with Crippen LogP contribution in [0.15, 0.2) is 60.7 Å². The molecule has 0 aliphatic heterocycles. The maximum Gasteiger partial charge on any atom is 0.335 e. The van der Waals surface area contributed by atoms with Crippen LogP contribution in [-0.4, -0.2) is 35.9 Å². The number of aliphatic hydroxyl groups is 1. The first kappa shape index (κ1) is 22.3. The Morgan fingerprint density at radius 1 is 1.12 bits per heavy atom. The molecule has 0 heterocycles. The maximum absolute atomic E-state index is 11.3. The summed E-state index contributed by atoms with van der Waals surface area (Å²) in [5, 5.41) is 23.9. The van der Waals surface area contributed by atoms with Gasteiger partial charge in [0.15, 0.2) is 0 Å². The summed E-state index contributed by atoms with van der Waals surface area (Å²) in [5.74, 6) is -0.434. The van der Waals surface area contributed by atoms with Gasteiger partial charge in [-0.1, -0.05) is 41.9 Å². The van der Waals surface area contributed by atoms with Crippen molar-refractivity contribution in [2.24, 2.45) is 0 Å². The third-order valence-electron chi connectivity index (χ3n) is 6.05. The SMILES string of the molecule is COc1cc(C(=O)O)ccc1-c1ccc2c(c1)CC(NCC(O)c1ccc(Cl)cc1)CC2. The summed E-state index contributed by atoms with van der Waals surface area (Å²) in [6.45, 7) is 0.478. The fourth-order valence-electron chi connectivity index (χ4n) is 4.24. The zero-order valence-corrected chi connectivity index (χ0v) is 18.6. The van der Waals surface area contributed by atoms with Crippen LogP contribution in [0.5, 0.6) is 5.75 Å². The quantitative estimate of drug-likeness (QED) is 0.476. The number of aliphatic hydroxyl groups excluding tert-OH is 1. The number of aromatic carboxylic acids is 1. The Morgan fingerprint density at radius 2 is 1.91 bits per heavy atom. The second-order valence-corrected chi connectivity index (χ2v) is 8.56. The average Bonchev–Trinajstić information content (AvgIpc) is 2.82. The van der Waals surface area contributed by atoms with Crippen molar-refractivity contribution < 1.29 is 19.7 Å². The number of carboxylic acids is 1. The van der Waals surface area contributed by atoms with E-state index in [2.05, 4.69) is 23.5 Å². The van der Waals surface area contributed by atoms with E-state index in [1.807, 2.05) is 12.1 Å². The molecule has 0 spiro atoms. The van der Waals surface area contributed by atoms with Gasteiger partial charge in [-0.15, -0.1) is 0 Å². The molecule has 0 aromatic heterocycles. The van der Waals surface area contributed by atoms with Crippen LogP contribution in [0.3, 0.4) is 0 Å². The normalized spacial score (nSPS) is 16.3. The predicted octanol–water partition coefficient (Wildman–Crippen LogP) is 4.89. The van der Waals surface area contributed by atoms with Crippen LogP contribution < -0.4 is 10.1 Å². The molecule has 1 aliphatic carbocycles. The molecule has 1 aliphatic rings. The predicted molar refractivity (Wildman–Crippen MR) is 126 cm³/mol. The Hall–Kier alpha value is -2.86. The Balaban J connectivity index is 1.47. The summed E-state index contributed by atoms with van der Waals surface area (Å²) in [5.41, 5.74) is 5.50. The van der Waals surface area contributed by atoms with Crippen LogP contribution in [0.1, 0.15) is 39.6 Å². The van der Waals surface area contributed by atoms with Crippen molar-refractivity contribution in [1.82, 2.24) is 5.32 Å². The molecule has 32 heavy (non-hydrogen) atoms. The number of fused-ring (bicyclic) bond motifs is 1. The molecule has 3 N–H and O–H groups in total. The zero-order valence-electron chi connectivity index (χ0n) is 17.8. The molecule has 6 heteroatoms. The molecule has 0 saturated carbocycles. The second-order valence-electron chi connectivity index (χ2n) is 8.12. The average molecular weight is 452 g/mol. The van der Waals surface area contributed by atoms with Gasteiger partial charge in [0.2, 0.25) is 0 Å². The van der Waals surface area contributed by atoms with Crippen molar-refractivity contribution in [3.05, 3.63) is 87.9 Å². The molecule has 0 fully saturated rings. The van der Waals surface area contributed by atoms with Crippen LogP contribution in [0.25, 0.3) is 11.1 Å². The van der Waals surface area contributed by atoms with Crippen LogP contribution in [0.4, 0.5) is 0 Å². The maximum atomic E-state index is 11.3. The second kappa shape index (κ2) is 9.74. The van der Waals surface area contributed by atoms with Gasteiger partial charge in [-0.3, -0.25) is 0 Å². The van der Waals surface area contributed by atoms with Gasteiger partial charge in [-0.05, 0) is 71.8 Å². The molecule has 2 unspecified atom stereocenters. The largest absolute Gasteiger partial charge is 0.496 e. The lowest BCUT2D eigenvalue weighted by atomic mass is 9.86. The van der Waals surface area contributed by atoms with Gasteiger partial charge in [0, 0.05) is 23.2 Å². The highest BCUT2D eigenvalue weighted by molar-refractivity contribution is 6.30. The standard InChI is InChI=1S/C26H26ClNO4/c1-32-25-14-19(26(30)31)7-11-23(25)18-3-2-16-6-10-22(13-20(16)12-18)28-15-24(29)17-4-8-21(27)9-5-17/h2-5,7-9,11-12,14,22,24,28-29H,6,10,13,15H2,1H3,(H,30,31). The lowest BCUT2D eigenvalue weighted by Crippen LogP contribution is -2.37. The number of hydrogen-bond donors (Lipinski definition) is 3. The van der Waals surface area contributed by atoms with E-state index in [0.717, 1.165) is 36.0 Å². The van der Waals surface area contributed by atoms with E-state index in [9.17, 15) is 15.0 Å². The van der Waals surface area contributed by atoms with Crippen LogP contribution in [0.2, 0.25) is 5.02 Å². The summed E-state index contributed by atoms with van der Waals surface area (Å²) in [6, 6.07) is 18.9. The van der Waals surface area contributed by atoms with Crippen molar-refractivity contribution in [3.63, 3.8) is 0 Å². The Kier molecular flexibility index (Phi) is 6.80. The fraction of sp³-hybridized carbons (Fsp3) is 0.269. The van der Waals surface area contributed by atoms with E-state index in [0.29, 0.717) is 17.3 Å². The number of halogens is 1. The van der Waals surface area contributed by atoms with Gasteiger partial charge in [0.05, 0.1) is 18.8 Å². The van der Waals surface area contributed by atoms with E-state index in [1.165, 1.54) is 11.1 Å². The Bertz CT molecular complexity index is 1110. The lowest BCUT2D eigenvalue weighted by Gasteiger charge is -2.27. The molecule has 4 rings (SSSR count). The zero-order chi connectivity index (χ0) is 22.7. The number of methoxy groups -OCH3 is 1. The van der Waals surface area contributed by atoms with Crippen LogP contribution in [0, 0.1) is 0 Å². The van der Waals surface area contributed by atoms with Crippen molar-refractivity contribution in [3.8, 4) is 16.9 Å². The highest BCUT2D eigenvalue weighted by Gasteiger charge is 2.21. The first-order valence-electron chi connectivity index (χ1n) is 10.6. The van der Waals surface area contributed by atoms with Crippen molar-refractivity contribution >= 4 is 17.6 Å². The first-order chi connectivity index (χ1) is 15.4. The highest BCUT2D eigenvalue weighted by Crippen LogP contribution is 2.34. The smallest absolute Gasteiger partial charge is 0.335 e. The molecule has 166 valence electrons. The minimum absolute atomic E-state index is 0.201. The third kappa shape index (κ3) is 4.96. The van der Waals surface area contributed by atoms with Gasteiger partial charge in [0.25, 0.3) is 0 Å². The van der Waals surface area contributed by atoms with E-state index in [1.54, 1.807) is 37.4 Å². The van der Waals surface area contributed by atoms with Gasteiger partial charge < -0.3 is 20.3 Å². The minimum Gasteiger partial charge on any atom is -0.496 e. The number of benzene rings is 3. The lowest BCUT2D eigenvalue weighted by molar-refractivity contribution is 0.0696. The number of nitrogens with one attached hydrogen (secondary N) is 1.